The predicted octanol–water partition coefficient (Wildman–Crippen LogP) is 2.86. The summed E-state index contributed by atoms with van der Waals surface area (Å²) in [7, 11) is 0. The minimum absolute atomic E-state index is 0.474. The lowest BCUT2D eigenvalue weighted by Crippen LogP contribution is -2.31. The summed E-state index contributed by atoms with van der Waals surface area (Å²) in [6.07, 6.45) is 2.91. The van der Waals surface area contributed by atoms with E-state index in [1.165, 1.54) is 12.8 Å². The molecule has 0 bridgehead atoms. The third kappa shape index (κ3) is 1.60. The van der Waals surface area contributed by atoms with E-state index in [0.717, 1.165) is 11.7 Å². The van der Waals surface area contributed by atoms with Gasteiger partial charge in [0.05, 0.1) is 6.10 Å². The molecule has 0 atom stereocenters. The number of benzene rings is 1. The average Bonchev–Trinajstić information content (AvgIpc) is 2.04. The summed E-state index contributed by atoms with van der Waals surface area (Å²) in [6, 6.07) is 10.1. The smallest absolute Gasteiger partial charge is 0.119 e. The molecule has 0 amide bonds. The van der Waals surface area contributed by atoms with Gasteiger partial charge in [0.2, 0.25) is 0 Å². The zero-order valence-electron chi connectivity index (χ0n) is 7.36. The van der Waals surface area contributed by atoms with Gasteiger partial charge in [0.15, 0.2) is 0 Å². The van der Waals surface area contributed by atoms with E-state index < -0.39 is 0 Å². The average molecular weight is 162 g/mol. The van der Waals surface area contributed by atoms with Crippen molar-refractivity contribution in [2.75, 3.05) is 0 Å². The maximum absolute atomic E-state index is 5.72. The first-order valence-electron chi connectivity index (χ1n) is 4.56. The largest absolute Gasteiger partial charge is 0.490 e. The quantitative estimate of drug-likeness (QED) is 0.649. The van der Waals surface area contributed by atoms with Crippen molar-refractivity contribution in [3.63, 3.8) is 0 Å². The van der Waals surface area contributed by atoms with Gasteiger partial charge in [-0.2, -0.15) is 0 Å². The van der Waals surface area contributed by atoms with Crippen LogP contribution < -0.4 is 4.74 Å². The molecule has 0 radical (unpaired) electrons. The Balaban J connectivity index is 1.88. The van der Waals surface area contributed by atoms with Crippen LogP contribution in [0.25, 0.3) is 0 Å². The highest BCUT2D eigenvalue weighted by molar-refractivity contribution is 5.21. The zero-order chi connectivity index (χ0) is 8.39. The molecule has 0 N–H and O–H groups in total. The van der Waals surface area contributed by atoms with Gasteiger partial charge < -0.3 is 4.74 Å². The molecule has 1 aromatic carbocycles. The van der Waals surface area contributed by atoms with Gasteiger partial charge in [-0.1, -0.05) is 25.1 Å². The van der Waals surface area contributed by atoms with Crippen LogP contribution >= 0.6 is 0 Å². The molecule has 1 saturated carbocycles. The highest BCUT2D eigenvalue weighted by Gasteiger charge is 2.26. The molecule has 2 rings (SSSR count). The monoisotopic (exact) mass is 162 g/mol. The number of ether oxygens (including phenoxy) is 1. The topological polar surface area (TPSA) is 9.23 Å². The summed E-state index contributed by atoms with van der Waals surface area (Å²) < 4.78 is 5.72. The van der Waals surface area contributed by atoms with Crippen LogP contribution in [-0.2, 0) is 0 Å². The summed E-state index contributed by atoms with van der Waals surface area (Å²) in [5.74, 6) is 1.87. The van der Waals surface area contributed by atoms with E-state index in [1.807, 2.05) is 30.3 Å². The van der Waals surface area contributed by atoms with E-state index in [4.69, 9.17) is 4.74 Å². The Morgan fingerprint density at radius 3 is 2.42 bits per heavy atom. The minimum atomic E-state index is 0.474. The fraction of sp³-hybridized carbons (Fsp3) is 0.455. The molecule has 0 unspecified atom stereocenters. The first-order valence-corrected chi connectivity index (χ1v) is 4.56. The Labute approximate surface area is 73.4 Å². The molecule has 0 aliphatic heterocycles. The Hall–Kier alpha value is -0.980. The number of hydrogen-bond acceptors (Lipinski definition) is 1. The molecule has 1 aromatic rings. The molecule has 12 heavy (non-hydrogen) atoms. The molecule has 1 aliphatic rings. The minimum Gasteiger partial charge on any atom is -0.490 e. The normalized spacial score (nSPS) is 27.8. The number of para-hydroxylation sites is 1. The summed E-state index contributed by atoms with van der Waals surface area (Å²) in [6.45, 7) is 2.27. The standard InChI is InChI=1S/C11H14O/c1-9-7-11(8-9)12-10-5-3-2-4-6-10/h2-6,9,11H,7-8H2,1H3. The van der Waals surface area contributed by atoms with Crippen molar-refractivity contribution in [1.29, 1.82) is 0 Å². The van der Waals surface area contributed by atoms with Gasteiger partial charge in [-0.05, 0) is 30.9 Å². The highest BCUT2D eigenvalue weighted by atomic mass is 16.5. The first-order chi connectivity index (χ1) is 5.84. The maximum Gasteiger partial charge on any atom is 0.119 e. The van der Waals surface area contributed by atoms with Gasteiger partial charge >= 0.3 is 0 Å². The fourth-order valence-electron chi connectivity index (χ4n) is 1.62. The van der Waals surface area contributed by atoms with Crippen LogP contribution in [0.5, 0.6) is 5.75 Å². The van der Waals surface area contributed by atoms with Gasteiger partial charge in [-0.3, -0.25) is 0 Å². The number of rotatable bonds is 2. The van der Waals surface area contributed by atoms with Gasteiger partial charge in [0, 0.05) is 0 Å². The predicted molar refractivity (Wildman–Crippen MR) is 49.3 cm³/mol. The van der Waals surface area contributed by atoms with E-state index in [1.54, 1.807) is 0 Å². The SMILES string of the molecule is CC1CC(Oc2ccccc2)C1. The molecule has 1 nitrogen and oxygen atoms in total. The van der Waals surface area contributed by atoms with E-state index in [-0.39, 0.29) is 0 Å². The van der Waals surface area contributed by atoms with E-state index >= 15 is 0 Å². The van der Waals surface area contributed by atoms with Gasteiger partial charge in [0.1, 0.15) is 5.75 Å². The van der Waals surface area contributed by atoms with Gasteiger partial charge in [0.25, 0.3) is 0 Å². The van der Waals surface area contributed by atoms with Crippen molar-refractivity contribution in [1.82, 2.24) is 0 Å². The highest BCUT2D eigenvalue weighted by Crippen LogP contribution is 2.30. The van der Waals surface area contributed by atoms with Crippen LogP contribution in [0, 0.1) is 5.92 Å². The van der Waals surface area contributed by atoms with Crippen molar-refractivity contribution in [3.8, 4) is 5.75 Å². The summed E-state index contributed by atoms with van der Waals surface area (Å²) >= 11 is 0. The Morgan fingerprint density at radius 2 is 1.83 bits per heavy atom. The Bertz CT molecular complexity index is 236. The zero-order valence-corrected chi connectivity index (χ0v) is 7.36. The lowest BCUT2D eigenvalue weighted by molar-refractivity contribution is 0.0739. The lowest BCUT2D eigenvalue weighted by Gasteiger charge is -2.32. The number of hydrogen-bond donors (Lipinski definition) is 0. The van der Waals surface area contributed by atoms with E-state index in [0.29, 0.717) is 6.10 Å². The third-order valence-corrected chi connectivity index (χ3v) is 2.38. The molecular formula is C11H14O. The summed E-state index contributed by atoms with van der Waals surface area (Å²) in [4.78, 5) is 0. The molecule has 0 heterocycles. The van der Waals surface area contributed by atoms with Crippen LogP contribution in [0.1, 0.15) is 19.8 Å². The molecular weight excluding hydrogens is 148 g/mol. The molecule has 1 fully saturated rings. The van der Waals surface area contributed by atoms with Gasteiger partial charge in [-0.25, -0.2) is 0 Å². The lowest BCUT2D eigenvalue weighted by atomic mass is 9.84. The fourth-order valence-corrected chi connectivity index (χ4v) is 1.62. The van der Waals surface area contributed by atoms with Crippen LogP contribution in [0.15, 0.2) is 30.3 Å². The summed E-state index contributed by atoms with van der Waals surface area (Å²) in [5, 5.41) is 0. The molecule has 1 heteroatoms. The molecule has 0 saturated heterocycles. The molecule has 0 spiro atoms. The molecule has 0 aromatic heterocycles. The molecule has 64 valence electrons. The second-order valence-electron chi connectivity index (χ2n) is 3.63. The second-order valence-corrected chi connectivity index (χ2v) is 3.63. The van der Waals surface area contributed by atoms with Crippen molar-refractivity contribution < 1.29 is 4.74 Å². The molecule has 1 aliphatic carbocycles. The van der Waals surface area contributed by atoms with Crippen molar-refractivity contribution in [3.05, 3.63) is 30.3 Å². The van der Waals surface area contributed by atoms with Crippen LogP contribution in [0.4, 0.5) is 0 Å². The van der Waals surface area contributed by atoms with Crippen LogP contribution in [-0.4, -0.2) is 6.10 Å². The first kappa shape index (κ1) is 7.66. The van der Waals surface area contributed by atoms with Gasteiger partial charge in [-0.15, -0.1) is 0 Å². The second kappa shape index (κ2) is 3.18. The van der Waals surface area contributed by atoms with E-state index in [2.05, 4.69) is 6.92 Å². The third-order valence-electron chi connectivity index (χ3n) is 2.38. The van der Waals surface area contributed by atoms with E-state index in [9.17, 15) is 0 Å². The van der Waals surface area contributed by atoms with Crippen molar-refractivity contribution in [2.45, 2.75) is 25.9 Å². The summed E-state index contributed by atoms with van der Waals surface area (Å²) in [5.41, 5.74) is 0. The van der Waals surface area contributed by atoms with Crippen molar-refractivity contribution >= 4 is 0 Å². The van der Waals surface area contributed by atoms with Crippen molar-refractivity contribution in [2.24, 2.45) is 5.92 Å². The van der Waals surface area contributed by atoms with Crippen LogP contribution in [0.2, 0.25) is 0 Å². The maximum atomic E-state index is 5.72. The Morgan fingerprint density at radius 1 is 1.17 bits per heavy atom. The Kier molecular flexibility index (Phi) is 2.03. The van der Waals surface area contributed by atoms with Crippen LogP contribution in [0.3, 0.4) is 0 Å².